The van der Waals surface area contributed by atoms with Gasteiger partial charge in [-0.05, 0) is 92.1 Å². The summed E-state index contributed by atoms with van der Waals surface area (Å²) in [6.45, 7) is 14.2. The SMILES string of the molecule is CC(C)(C)c1ccc2c(c1)C(c1ccccc1P(C1CCCCC1)C1CCCCC1)c1cc(C(C)(C)C)ccc1-2. The number of hydrogen-bond donors (Lipinski definition) is 0. The summed E-state index contributed by atoms with van der Waals surface area (Å²) >= 11 is 0. The van der Waals surface area contributed by atoms with Crippen molar-refractivity contribution >= 4 is 13.2 Å². The van der Waals surface area contributed by atoms with Crippen molar-refractivity contribution in [2.24, 2.45) is 0 Å². The van der Waals surface area contributed by atoms with Gasteiger partial charge in [0, 0.05) is 5.92 Å². The zero-order valence-electron chi connectivity index (χ0n) is 26.0. The first-order valence-corrected chi connectivity index (χ1v) is 17.8. The third kappa shape index (κ3) is 5.36. The normalized spacial score (nSPS) is 19.2. The summed E-state index contributed by atoms with van der Waals surface area (Å²) in [5, 5.41) is 1.75. The van der Waals surface area contributed by atoms with E-state index in [1.807, 2.05) is 0 Å². The second-order valence-corrected chi connectivity index (χ2v) is 17.8. The van der Waals surface area contributed by atoms with Crippen LogP contribution in [0.5, 0.6) is 0 Å². The lowest BCUT2D eigenvalue weighted by Crippen LogP contribution is -2.28. The summed E-state index contributed by atoms with van der Waals surface area (Å²) in [4.78, 5) is 0. The smallest absolute Gasteiger partial charge is 0.0358 e. The predicted octanol–water partition coefficient (Wildman–Crippen LogP) is 11.2. The van der Waals surface area contributed by atoms with E-state index >= 15 is 0 Å². The van der Waals surface area contributed by atoms with Crippen LogP contribution in [0.1, 0.15) is 139 Å². The molecule has 0 heterocycles. The van der Waals surface area contributed by atoms with Gasteiger partial charge < -0.3 is 0 Å². The molecule has 0 unspecified atom stereocenters. The minimum atomic E-state index is -0.168. The van der Waals surface area contributed by atoms with Gasteiger partial charge in [0.2, 0.25) is 0 Å². The lowest BCUT2D eigenvalue weighted by molar-refractivity contribution is 0.487. The van der Waals surface area contributed by atoms with Crippen LogP contribution in [0.3, 0.4) is 0 Å². The summed E-state index contributed by atoms with van der Waals surface area (Å²) in [6, 6.07) is 24.7. The first kappa shape index (κ1) is 28.2. The van der Waals surface area contributed by atoms with Gasteiger partial charge in [0.05, 0.1) is 0 Å². The lowest BCUT2D eigenvalue weighted by atomic mass is 9.81. The lowest BCUT2D eigenvalue weighted by Gasteiger charge is -2.40. The van der Waals surface area contributed by atoms with Crippen LogP contribution < -0.4 is 5.30 Å². The Balaban J connectivity index is 1.55. The van der Waals surface area contributed by atoms with Gasteiger partial charge in [-0.2, -0.15) is 0 Å². The fourth-order valence-electron chi connectivity index (χ4n) is 7.91. The molecule has 0 amide bonds. The third-order valence-corrected chi connectivity index (χ3v) is 13.8. The summed E-state index contributed by atoms with van der Waals surface area (Å²) in [6.07, 6.45) is 14.5. The molecule has 0 radical (unpaired) electrons. The molecule has 212 valence electrons. The quantitative estimate of drug-likeness (QED) is 0.222. The van der Waals surface area contributed by atoms with Crippen molar-refractivity contribution < 1.29 is 0 Å². The van der Waals surface area contributed by atoms with Crippen LogP contribution in [0, 0.1) is 0 Å². The van der Waals surface area contributed by atoms with Crippen molar-refractivity contribution in [3.05, 3.63) is 88.5 Å². The highest BCUT2D eigenvalue weighted by atomic mass is 31.1. The summed E-state index contributed by atoms with van der Waals surface area (Å²) in [5.74, 6) is 0.336. The van der Waals surface area contributed by atoms with Crippen molar-refractivity contribution in [3.8, 4) is 11.1 Å². The maximum Gasteiger partial charge on any atom is 0.0358 e. The van der Waals surface area contributed by atoms with E-state index in [1.54, 1.807) is 22.0 Å². The van der Waals surface area contributed by atoms with Crippen molar-refractivity contribution in [3.63, 3.8) is 0 Å². The van der Waals surface area contributed by atoms with Gasteiger partial charge >= 0.3 is 0 Å². The molecule has 3 aromatic rings. The molecule has 0 aromatic heterocycles. The zero-order valence-corrected chi connectivity index (χ0v) is 26.9. The molecular weight excluding hydrogens is 499 g/mol. The molecule has 6 rings (SSSR count). The molecule has 0 spiro atoms. The van der Waals surface area contributed by atoms with Gasteiger partial charge in [0.25, 0.3) is 0 Å². The predicted molar refractivity (Wildman–Crippen MR) is 177 cm³/mol. The second kappa shape index (κ2) is 11.1. The van der Waals surface area contributed by atoms with Crippen LogP contribution in [0.2, 0.25) is 0 Å². The molecule has 3 aromatic carbocycles. The van der Waals surface area contributed by atoms with Gasteiger partial charge in [0.1, 0.15) is 0 Å². The fraction of sp³-hybridized carbons (Fsp3) is 0.538. The van der Waals surface area contributed by atoms with Crippen molar-refractivity contribution in [2.45, 2.75) is 134 Å². The average molecular weight is 551 g/mol. The molecule has 0 aliphatic heterocycles. The molecule has 1 heteroatoms. The fourth-order valence-corrected chi connectivity index (χ4v) is 11.9. The van der Waals surface area contributed by atoms with Gasteiger partial charge in [-0.25, -0.2) is 0 Å². The molecule has 0 atom stereocenters. The maximum absolute atomic E-state index is 2.59. The van der Waals surface area contributed by atoms with Gasteiger partial charge in [-0.3, -0.25) is 0 Å². The zero-order chi connectivity index (χ0) is 28.1. The van der Waals surface area contributed by atoms with Crippen molar-refractivity contribution in [1.82, 2.24) is 0 Å². The molecule has 0 nitrogen and oxygen atoms in total. The first-order valence-electron chi connectivity index (χ1n) is 16.3. The van der Waals surface area contributed by atoms with Crippen LogP contribution in [-0.4, -0.2) is 11.3 Å². The number of benzene rings is 3. The van der Waals surface area contributed by atoms with E-state index in [1.165, 1.54) is 86.5 Å². The Morgan fingerprint density at radius 2 is 0.975 bits per heavy atom. The molecule has 2 saturated carbocycles. The Kier molecular flexibility index (Phi) is 7.80. The Hall–Kier alpha value is -1.91. The van der Waals surface area contributed by atoms with Crippen LogP contribution in [-0.2, 0) is 10.8 Å². The summed E-state index contributed by atoms with van der Waals surface area (Å²) in [5.41, 5.74) is 12.7. The molecule has 0 N–H and O–H groups in total. The van der Waals surface area contributed by atoms with Crippen LogP contribution in [0.4, 0.5) is 0 Å². The van der Waals surface area contributed by atoms with E-state index in [9.17, 15) is 0 Å². The average Bonchev–Trinajstić information content (AvgIpc) is 3.27. The van der Waals surface area contributed by atoms with Crippen LogP contribution in [0.15, 0.2) is 60.7 Å². The molecule has 3 aliphatic carbocycles. The number of rotatable bonds is 4. The van der Waals surface area contributed by atoms with E-state index in [4.69, 9.17) is 0 Å². The van der Waals surface area contributed by atoms with Crippen LogP contribution >= 0.6 is 7.92 Å². The molecule has 0 bridgehead atoms. The standard InChI is InChI=1S/C39H51P/c1-38(2,3)27-21-23-31-32-24-22-28(39(4,5)6)26-35(32)37(34(31)25-27)33-19-13-14-20-36(33)40(29-15-9-7-10-16-29)30-17-11-8-12-18-30/h13-14,19-26,29-30,37H,7-12,15-18H2,1-6H3. The monoisotopic (exact) mass is 550 g/mol. The molecular formula is C39H51P. The van der Waals surface area contributed by atoms with E-state index in [0.29, 0.717) is 5.92 Å². The van der Waals surface area contributed by atoms with E-state index in [-0.39, 0.29) is 18.8 Å². The van der Waals surface area contributed by atoms with E-state index in [0.717, 1.165) is 11.3 Å². The highest BCUT2D eigenvalue weighted by Crippen LogP contribution is 2.58. The minimum Gasteiger partial charge on any atom is -0.0686 e. The van der Waals surface area contributed by atoms with Crippen molar-refractivity contribution in [2.75, 3.05) is 0 Å². The maximum atomic E-state index is 2.59. The van der Waals surface area contributed by atoms with Gasteiger partial charge in [0.15, 0.2) is 0 Å². The van der Waals surface area contributed by atoms with Gasteiger partial charge in [-0.1, -0.05) is 149 Å². The van der Waals surface area contributed by atoms with Crippen LogP contribution in [0.25, 0.3) is 11.1 Å². The Morgan fingerprint density at radius 1 is 0.525 bits per heavy atom. The Morgan fingerprint density at radius 3 is 1.43 bits per heavy atom. The number of hydrogen-bond acceptors (Lipinski definition) is 0. The number of fused-ring (bicyclic) bond motifs is 3. The topological polar surface area (TPSA) is 0 Å². The van der Waals surface area contributed by atoms with Crippen molar-refractivity contribution in [1.29, 1.82) is 0 Å². The summed E-state index contributed by atoms with van der Waals surface area (Å²) < 4.78 is 0. The molecule has 3 aliphatic rings. The Labute approximate surface area is 246 Å². The largest absolute Gasteiger partial charge is 0.0686 e. The molecule has 40 heavy (non-hydrogen) atoms. The third-order valence-electron chi connectivity index (χ3n) is 10.2. The highest BCUT2D eigenvalue weighted by Gasteiger charge is 2.38. The molecule has 2 fully saturated rings. The minimum absolute atomic E-state index is 0.140. The van der Waals surface area contributed by atoms with Gasteiger partial charge in [-0.15, -0.1) is 0 Å². The highest BCUT2D eigenvalue weighted by molar-refractivity contribution is 7.67. The Bertz CT molecular complexity index is 1260. The van der Waals surface area contributed by atoms with E-state index < -0.39 is 0 Å². The van der Waals surface area contributed by atoms with E-state index in [2.05, 4.69) is 102 Å². The molecule has 0 saturated heterocycles. The first-order chi connectivity index (χ1) is 19.1. The second-order valence-electron chi connectivity index (χ2n) is 15.1. The summed E-state index contributed by atoms with van der Waals surface area (Å²) in [7, 11) is -0.168.